The summed E-state index contributed by atoms with van der Waals surface area (Å²) in [6.07, 6.45) is 1.37. The van der Waals surface area contributed by atoms with Crippen LogP contribution < -0.4 is 5.73 Å². The first-order valence-electron chi connectivity index (χ1n) is 3.61. The molecule has 0 aliphatic rings. The Morgan fingerprint density at radius 3 is 3.00 bits per heavy atom. The van der Waals surface area contributed by atoms with Crippen molar-refractivity contribution < 1.29 is 5.11 Å². The zero-order valence-corrected chi connectivity index (χ0v) is 8.19. The molecule has 0 radical (unpaired) electrons. The molecule has 0 spiro atoms. The topological polar surface area (TPSA) is 76.4 Å². The fraction of sp³-hybridized carbons (Fsp3) is 0.143. The molecule has 0 saturated heterocycles. The lowest BCUT2D eigenvalue weighted by molar-refractivity contribution is 0.281. The van der Waals surface area contributed by atoms with Crippen molar-refractivity contribution in [3.8, 4) is 0 Å². The average molecular weight is 243 g/mol. The number of nitrogens with two attached hydrogens (primary N) is 1. The minimum atomic E-state index is -0.0522. The normalized spacial score (nSPS) is 10.9. The minimum absolute atomic E-state index is 0.0522. The molecular formula is C7H7BrN4O. The quantitative estimate of drug-likeness (QED) is 0.767. The van der Waals surface area contributed by atoms with Gasteiger partial charge in [0.15, 0.2) is 5.82 Å². The third-order valence-corrected chi connectivity index (χ3v) is 2.63. The van der Waals surface area contributed by atoms with E-state index in [1.807, 2.05) is 0 Å². The van der Waals surface area contributed by atoms with Crippen molar-refractivity contribution in [1.82, 2.24) is 14.6 Å². The van der Waals surface area contributed by atoms with Gasteiger partial charge in [0.05, 0.1) is 6.61 Å². The first-order chi connectivity index (χ1) is 6.24. The highest BCUT2D eigenvalue weighted by atomic mass is 79.9. The van der Waals surface area contributed by atoms with Gasteiger partial charge in [-0.3, -0.25) is 0 Å². The second-order valence-corrected chi connectivity index (χ2v) is 3.31. The van der Waals surface area contributed by atoms with Gasteiger partial charge in [0.2, 0.25) is 0 Å². The highest BCUT2D eigenvalue weighted by molar-refractivity contribution is 9.10. The lowest BCUT2D eigenvalue weighted by Gasteiger charge is -1.96. The van der Waals surface area contributed by atoms with Gasteiger partial charge in [0, 0.05) is 5.56 Å². The van der Waals surface area contributed by atoms with Crippen molar-refractivity contribution >= 4 is 27.3 Å². The fourth-order valence-corrected chi connectivity index (χ4v) is 1.66. The molecule has 3 N–H and O–H groups in total. The summed E-state index contributed by atoms with van der Waals surface area (Å²) >= 11 is 3.30. The highest BCUT2D eigenvalue weighted by Gasteiger charge is 2.09. The summed E-state index contributed by atoms with van der Waals surface area (Å²) in [6.45, 7) is -0.0522. The molecule has 0 fully saturated rings. The molecule has 2 aromatic heterocycles. The number of nitrogen functional groups attached to an aromatic ring is 1. The lowest BCUT2D eigenvalue weighted by atomic mass is 10.3. The van der Waals surface area contributed by atoms with E-state index >= 15 is 0 Å². The molecule has 2 aromatic rings. The Hall–Kier alpha value is -1.14. The van der Waals surface area contributed by atoms with Crippen molar-refractivity contribution in [2.75, 3.05) is 5.73 Å². The van der Waals surface area contributed by atoms with E-state index in [9.17, 15) is 0 Å². The summed E-state index contributed by atoms with van der Waals surface area (Å²) in [5.41, 5.74) is 7.05. The van der Waals surface area contributed by atoms with Crippen LogP contribution in [0.5, 0.6) is 0 Å². The molecule has 2 heterocycles. The van der Waals surface area contributed by atoms with Crippen molar-refractivity contribution in [3.63, 3.8) is 0 Å². The predicted octanol–water partition coefficient (Wildman–Crippen LogP) is 0.566. The van der Waals surface area contributed by atoms with Gasteiger partial charge in [0.25, 0.3) is 0 Å². The van der Waals surface area contributed by atoms with Crippen LogP contribution in [0.25, 0.3) is 5.52 Å². The summed E-state index contributed by atoms with van der Waals surface area (Å²) in [5, 5.41) is 13.0. The van der Waals surface area contributed by atoms with E-state index in [-0.39, 0.29) is 6.61 Å². The van der Waals surface area contributed by atoms with Gasteiger partial charge in [-0.05, 0) is 22.0 Å². The van der Waals surface area contributed by atoms with Gasteiger partial charge in [-0.15, -0.1) is 0 Å². The monoisotopic (exact) mass is 242 g/mol. The van der Waals surface area contributed by atoms with Crippen molar-refractivity contribution in [1.29, 1.82) is 0 Å². The van der Waals surface area contributed by atoms with Crippen LogP contribution in [0.3, 0.4) is 0 Å². The van der Waals surface area contributed by atoms with Crippen LogP contribution >= 0.6 is 15.9 Å². The number of hydrogen-bond donors (Lipinski definition) is 2. The molecule has 0 atom stereocenters. The van der Waals surface area contributed by atoms with Crippen LogP contribution in [0.4, 0.5) is 5.82 Å². The summed E-state index contributed by atoms with van der Waals surface area (Å²) in [4.78, 5) is 3.84. The van der Waals surface area contributed by atoms with E-state index in [1.165, 1.54) is 6.33 Å². The molecule has 2 rings (SSSR count). The highest BCUT2D eigenvalue weighted by Crippen LogP contribution is 2.23. The number of hydrogen-bond acceptors (Lipinski definition) is 4. The van der Waals surface area contributed by atoms with Gasteiger partial charge in [0.1, 0.15) is 16.4 Å². The van der Waals surface area contributed by atoms with Crippen LogP contribution in [0.15, 0.2) is 17.0 Å². The van der Waals surface area contributed by atoms with Crippen LogP contribution in [0.2, 0.25) is 0 Å². The van der Waals surface area contributed by atoms with Crippen molar-refractivity contribution in [2.45, 2.75) is 6.61 Å². The van der Waals surface area contributed by atoms with Gasteiger partial charge >= 0.3 is 0 Å². The molecule has 6 heteroatoms. The maximum Gasteiger partial charge on any atom is 0.151 e. The third-order valence-electron chi connectivity index (χ3n) is 1.79. The SMILES string of the molecule is Nc1ncnn2c(Br)c(CO)cc12. The van der Waals surface area contributed by atoms with Crippen LogP contribution in [0, 0.1) is 0 Å². The van der Waals surface area contributed by atoms with Crippen molar-refractivity contribution in [2.24, 2.45) is 0 Å². The van der Waals surface area contributed by atoms with E-state index in [1.54, 1.807) is 10.6 Å². The first-order valence-corrected chi connectivity index (χ1v) is 4.41. The molecule has 13 heavy (non-hydrogen) atoms. The van der Waals surface area contributed by atoms with Gasteiger partial charge in [-0.1, -0.05) is 0 Å². The number of aromatic nitrogens is 3. The van der Waals surface area contributed by atoms with E-state index in [2.05, 4.69) is 26.0 Å². The molecule has 0 bridgehead atoms. The molecule has 0 amide bonds. The number of fused-ring (bicyclic) bond motifs is 1. The Morgan fingerprint density at radius 1 is 1.62 bits per heavy atom. The van der Waals surface area contributed by atoms with Crippen molar-refractivity contribution in [3.05, 3.63) is 22.6 Å². The van der Waals surface area contributed by atoms with Gasteiger partial charge < -0.3 is 10.8 Å². The summed E-state index contributed by atoms with van der Waals surface area (Å²) < 4.78 is 2.30. The minimum Gasteiger partial charge on any atom is -0.392 e. The second-order valence-electron chi connectivity index (χ2n) is 2.56. The largest absolute Gasteiger partial charge is 0.392 e. The zero-order valence-electron chi connectivity index (χ0n) is 6.61. The molecular weight excluding hydrogens is 236 g/mol. The number of anilines is 1. The molecule has 0 aromatic carbocycles. The second kappa shape index (κ2) is 2.97. The molecule has 0 aliphatic heterocycles. The smallest absolute Gasteiger partial charge is 0.151 e. The Balaban J connectivity index is 2.83. The third kappa shape index (κ3) is 1.18. The number of halogens is 1. The lowest BCUT2D eigenvalue weighted by Crippen LogP contribution is -1.98. The predicted molar refractivity (Wildman–Crippen MR) is 51.0 cm³/mol. The van der Waals surface area contributed by atoms with E-state index in [0.29, 0.717) is 15.9 Å². The Bertz CT molecular complexity index is 453. The molecule has 0 saturated carbocycles. The van der Waals surface area contributed by atoms with Gasteiger partial charge in [-0.25, -0.2) is 9.50 Å². The Morgan fingerprint density at radius 2 is 2.38 bits per heavy atom. The molecule has 0 unspecified atom stereocenters. The average Bonchev–Trinajstić information content (AvgIpc) is 2.45. The summed E-state index contributed by atoms with van der Waals surface area (Å²) in [5.74, 6) is 0.399. The summed E-state index contributed by atoms with van der Waals surface area (Å²) in [7, 11) is 0. The standard InChI is InChI=1S/C7H7BrN4O/c8-6-4(2-13)1-5-7(9)10-3-11-12(5)6/h1,3,13H,2H2,(H2,9,10,11). The van der Waals surface area contributed by atoms with E-state index < -0.39 is 0 Å². The molecule has 68 valence electrons. The van der Waals surface area contributed by atoms with E-state index in [4.69, 9.17) is 10.8 Å². The summed E-state index contributed by atoms with van der Waals surface area (Å²) in [6, 6.07) is 1.75. The van der Waals surface area contributed by atoms with Crippen LogP contribution in [0.1, 0.15) is 5.56 Å². The number of aliphatic hydroxyl groups is 1. The fourth-order valence-electron chi connectivity index (χ4n) is 1.14. The molecule has 0 aliphatic carbocycles. The Kier molecular flexibility index (Phi) is 1.93. The van der Waals surface area contributed by atoms with Gasteiger partial charge in [-0.2, -0.15) is 5.10 Å². The zero-order chi connectivity index (χ0) is 9.42. The molecule has 5 nitrogen and oxygen atoms in total. The van der Waals surface area contributed by atoms with E-state index in [0.717, 1.165) is 5.56 Å². The maximum atomic E-state index is 8.98. The Labute approximate surface area is 82.3 Å². The number of nitrogens with zero attached hydrogens (tertiary/aromatic N) is 3. The maximum absolute atomic E-state index is 8.98. The number of aliphatic hydroxyl groups excluding tert-OH is 1. The van der Waals surface area contributed by atoms with Crippen LogP contribution in [-0.4, -0.2) is 19.7 Å². The first kappa shape index (κ1) is 8.46. The van der Waals surface area contributed by atoms with Crippen LogP contribution in [-0.2, 0) is 6.61 Å². The number of rotatable bonds is 1.